The molecule has 1 heterocycles. The minimum Gasteiger partial charge on any atom is -0.507 e. The molecular formula is C34H51N5O. The molecule has 0 amide bonds. The van der Waals surface area contributed by atoms with E-state index in [2.05, 4.69) is 81.3 Å². The average molecular weight is 546 g/mol. The third-order valence-electron chi connectivity index (χ3n) is 8.22. The molecule has 0 radical (unpaired) electrons. The number of nitrogens with zero attached hydrogens (tertiary/aromatic N) is 3. The number of hydrogen-bond acceptors (Lipinski definition) is 6. The van der Waals surface area contributed by atoms with Crippen molar-refractivity contribution in [3.8, 4) is 5.75 Å². The number of phenolic OH excluding ortho intramolecular Hbond substituents is 1. The van der Waals surface area contributed by atoms with Crippen LogP contribution in [0.1, 0.15) is 90.3 Å². The van der Waals surface area contributed by atoms with Crippen LogP contribution < -0.4 is 15.5 Å². The van der Waals surface area contributed by atoms with Gasteiger partial charge in [-0.05, 0) is 97.2 Å². The van der Waals surface area contributed by atoms with Crippen molar-refractivity contribution in [1.82, 2.24) is 15.3 Å². The van der Waals surface area contributed by atoms with Crippen molar-refractivity contribution in [2.45, 2.75) is 96.9 Å². The van der Waals surface area contributed by atoms with Crippen LogP contribution in [0, 0.1) is 5.92 Å². The zero-order valence-corrected chi connectivity index (χ0v) is 26.1. The molecular weight excluding hydrogens is 494 g/mol. The van der Waals surface area contributed by atoms with Crippen molar-refractivity contribution in [3.63, 3.8) is 0 Å². The molecule has 6 heteroatoms. The molecule has 0 saturated heterocycles. The van der Waals surface area contributed by atoms with Crippen LogP contribution in [0.4, 0.5) is 11.8 Å². The first-order valence-corrected chi connectivity index (χ1v) is 15.1. The fraction of sp³-hybridized carbons (Fsp3) is 0.588. The smallest absolute Gasteiger partial charge is 0.225 e. The molecule has 218 valence electrons. The van der Waals surface area contributed by atoms with Crippen LogP contribution >= 0.6 is 0 Å². The molecule has 1 aliphatic rings. The highest BCUT2D eigenvalue weighted by atomic mass is 16.3. The van der Waals surface area contributed by atoms with Crippen LogP contribution in [0.25, 0.3) is 10.9 Å². The number of para-hydroxylation sites is 1. The van der Waals surface area contributed by atoms with Gasteiger partial charge in [0.05, 0.1) is 5.52 Å². The van der Waals surface area contributed by atoms with Crippen LogP contribution in [0.3, 0.4) is 0 Å². The quantitative estimate of drug-likeness (QED) is 0.247. The van der Waals surface area contributed by atoms with Crippen molar-refractivity contribution >= 4 is 22.7 Å². The first-order valence-electron chi connectivity index (χ1n) is 15.1. The fourth-order valence-corrected chi connectivity index (χ4v) is 5.86. The lowest BCUT2D eigenvalue weighted by atomic mass is 9.78. The number of benzene rings is 2. The van der Waals surface area contributed by atoms with E-state index in [0.29, 0.717) is 11.8 Å². The van der Waals surface area contributed by atoms with Gasteiger partial charge in [0.15, 0.2) is 0 Å². The van der Waals surface area contributed by atoms with Gasteiger partial charge in [0.1, 0.15) is 11.6 Å². The zero-order valence-electron chi connectivity index (χ0n) is 26.1. The van der Waals surface area contributed by atoms with Gasteiger partial charge in [0.2, 0.25) is 5.95 Å². The van der Waals surface area contributed by atoms with Gasteiger partial charge in [-0.2, -0.15) is 4.98 Å². The Labute approximate surface area is 242 Å². The highest BCUT2D eigenvalue weighted by Gasteiger charge is 2.26. The van der Waals surface area contributed by atoms with Crippen LogP contribution in [0.5, 0.6) is 5.75 Å². The Morgan fingerprint density at radius 3 is 2.12 bits per heavy atom. The second-order valence-electron chi connectivity index (χ2n) is 14.0. The predicted molar refractivity (Wildman–Crippen MR) is 170 cm³/mol. The Bertz CT molecular complexity index is 1240. The lowest BCUT2D eigenvalue weighted by molar-refractivity contribution is 0.324. The molecule has 0 bridgehead atoms. The Morgan fingerprint density at radius 2 is 1.52 bits per heavy atom. The van der Waals surface area contributed by atoms with Crippen molar-refractivity contribution in [2.75, 3.05) is 37.4 Å². The Kier molecular flexibility index (Phi) is 9.29. The van der Waals surface area contributed by atoms with E-state index < -0.39 is 0 Å². The van der Waals surface area contributed by atoms with Gasteiger partial charge < -0.3 is 20.6 Å². The summed E-state index contributed by atoms with van der Waals surface area (Å²) in [6, 6.07) is 13.1. The fourth-order valence-electron chi connectivity index (χ4n) is 5.86. The molecule has 1 fully saturated rings. The topological polar surface area (TPSA) is 73.3 Å². The van der Waals surface area contributed by atoms with Crippen molar-refractivity contribution in [2.24, 2.45) is 5.92 Å². The predicted octanol–water partition coefficient (Wildman–Crippen LogP) is 7.19. The summed E-state index contributed by atoms with van der Waals surface area (Å²) in [5, 5.41) is 19.4. The minimum absolute atomic E-state index is 0.0822. The maximum atomic E-state index is 11.0. The zero-order chi connectivity index (χ0) is 29.1. The summed E-state index contributed by atoms with van der Waals surface area (Å²) in [6.45, 7) is 15.2. The van der Waals surface area contributed by atoms with Gasteiger partial charge in [-0.25, -0.2) is 4.98 Å². The number of aryl methyl sites for hydroxylation is 1. The highest BCUT2D eigenvalue weighted by molar-refractivity contribution is 5.90. The van der Waals surface area contributed by atoms with E-state index in [1.165, 1.54) is 18.4 Å². The van der Waals surface area contributed by atoms with Gasteiger partial charge in [-0.1, -0.05) is 65.8 Å². The number of rotatable bonds is 9. The van der Waals surface area contributed by atoms with Gasteiger partial charge in [0.25, 0.3) is 0 Å². The summed E-state index contributed by atoms with van der Waals surface area (Å²) in [5.74, 6) is 2.89. The van der Waals surface area contributed by atoms with Gasteiger partial charge in [-0.3, -0.25) is 0 Å². The van der Waals surface area contributed by atoms with Gasteiger partial charge in [0, 0.05) is 25.5 Å². The standard InChI is InChI=1S/C34H51N5O/c1-33(2,3)27-20-24(21-28(30(27)40)34(4,5)6)12-11-19-35-22-23-15-17-25(18-16-23)36-32-37-29-14-10-9-13-26(29)31(38-32)39(7)8/h9-10,13-14,20-21,23,25,35,40H,11-12,15-19,22H2,1-8H3,(H,36,37,38). The monoisotopic (exact) mass is 545 g/mol. The van der Waals surface area contributed by atoms with E-state index >= 15 is 0 Å². The largest absolute Gasteiger partial charge is 0.507 e. The number of aromatic nitrogens is 2. The Hall–Kier alpha value is -2.86. The van der Waals surface area contributed by atoms with Crippen LogP contribution in [-0.2, 0) is 17.3 Å². The lowest BCUT2D eigenvalue weighted by Gasteiger charge is -2.29. The highest BCUT2D eigenvalue weighted by Crippen LogP contribution is 2.40. The molecule has 0 unspecified atom stereocenters. The van der Waals surface area contributed by atoms with Crippen LogP contribution in [0.15, 0.2) is 36.4 Å². The van der Waals surface area contributed by atoms with E-state index in [1.54, 1.807) is 0 Å². The van der Waals surface area contributed by atoms with Crippen molar-refractivity contribution < 1.29 is 5.11 Å². The van der Waals surface area contributed by atoms with Crippen LogP contribution in [-0.4, -0.2) is 48.3 Å². The Balaban J connectivity index is 1.24. The maximum absolute atomic E-state index is 11.0. The summed E-state index contributed by atoms with van der Waals surface area (Å²) in [4.78, 5) is 11.7. The summed E-state index contributed by atoms with van der Waals surface area (Å²) < 4.78 is 0. The molecule has 6 nitrogen and oxygen atoms in total. The molecule has 3 N–H and O–H groups in total. The van der Waals surface area contributed by atoms with E-state index in [1.807, 2.05) is 26.2 Å². The third-order valence-corrected chi connectivity index (χ3v) is 8.22. The number of hydrogen-bond donors (Lipinski definition) is 3. The van der Waals surface area contributed by atoms with Crippen molar-refractivity contribution in [1.29, 1.82) is 0 Å². The van der Waals surface area contributed by atoms with Crippen LogP contribution in [0.2, 0.25) is 0 Å². The normalized spacial score (nSPS) is 18.2. The van der Waals surface area contributed by atoms with Gasteiger partial charge >= 0.3 is 0 Å². The van der Waals surface area contributed by atoms with E-state index in [-0.39, 0.29) is 10.8 Å². The summed E-state index contributed by atoms with van der Waals surface area (Å²) in [5.41, 5.74) is 4.26. The average Bonchev–Trinajstić information content (AvgIpc) is 2.88. The summed E-state index contributed by atoms with van der Waals surface area (Å²) >= 11 is 0. The molecule has 4 rings (SSSR count). The second kappa shape index (κ2) is 12.3. The van der Waals surface area contributed by atoms with E-state index in [9.17, 15) is 5.11 Å². The number of phenols is 1. The number of fused-ring (bicyclic) bond motifs is 1. The van der Waals surface area contributed by atoms with Gasteiger partial charge in [-0.15, -0.1) is 0 Å². The molecule has 0 aliphatic heterocycles. The number of nitrogens with one attached hydrogen (secondary N) is 2. The van der Waals surface area contributed by atoms with E-state index in [0.717, 1.165) is 78.5 Å². The minimum atomic E-state index is -0.0822. The maximum Gasteiger partial charge on any atom is 0.225 e. The van der Waals surface area contributed by atoms with E-state index in [4.69, 9.17) is 9.97 Å². The Morgan fingerprint density at radius 1 is 0.900 bits per heavy atom. The molecule has 0 atom stereocenters. The molecule has 1 saturated carbocycles. The lowest BCUT2D eigenvalue weighted by Crippen LogP contribution is -2.32. The number of anilines is 2. The summed E-state index contributed by atoms with van der Waals surface area (Å²) in [7, 11) is 4.07. The SMILES string of the molecule is CN(C)c1nc(NC2CCC(CNCCCc3cc(C(C)(C)C)c(O)c(C(C)(C)C)c3)CC2)nc2ccccc12. The molecule has 2 aromatic carbocycles. The summed E-state index contributed by atoms with van der Waals surface area (Å²) in [6.07, 6.45) is 6.87. The second-order valence-corrected chi connectivity index (χ2v) is 14.0. The molecule has 40 heavy (non-hydrogen) atoms. The first-order chi connectivity index (χ1) is 18.8. The molecule has 1 aromatic heterocycles. The number of aromatic hydroxyl groups is 1. The molecule has 0 spiro atoms. The molecule has 3 aromatic rings. The molecule has 1 aliphatic carbocycles. The van der Waals surface area contributed by atoms with Crippen molar-refractivity contribution in [3.05, 3.63) is 53.1 Å². The third kappa shape index (κ3) is 7.45. The first kappa shape index (κ1) is 30.1.